The van der Waals surface area contributed by atoms with E-state index in [0.717, 1.165) is 49.5 Å². The molecule has 0 saturated carbocycles. The summed E-state index contributed by atoms with van der Waals surface area (Å²) in [6.07, 6.45) is 4.48. The van der Waals surface area contributed by atoms with Gasteiger partial charge < -0.3 is 9.88 Å². The molecule has 2 saturated heterocycles. The largest absolute Gasteiger partial charge is 0.348 e. The predicted molar refractivity (Wildman–Crippen MR) is 122 cm³/mol. The molecule has 5 heterocycles. The zero-order valence-electron chi connectivity index (χ0n) is 18.9. The van der Waals surface area contributed by atoms with Crippen molar-refractivity contribution in [3.05, 3.63) is 58.9 Å². The summed E-state index contributed by atoms with van der Waals surface area (Å²) in [4.78, 5) is 54.2. The number of piperidine rings is 2. The molecule has 176 valence electrons. The highest BCUT2D eigenvalue weighted by molar-refractivity contribution is 6.24. The van der Waals surface area contributed by atoms with Gasteiger partial charge in [0.25, 0.3) is 11.8 Å². The van der Waals surface area contributed by atoms with Gasteiger partial charge in [-0.2, -0.15) is 0 Å². The number of amides is 4. The summed E-state index contributed by atoms with van der Waals surface area (Å²) in [7, 11) is 0. The fourth-order valence-electron chi connectivity index (χ4n) is 6.17. The van der Waals surface area contributed by atoms with E-state index < -0.39 is 23.8 Å². The van der Waals surface area contributed by atoms with Crippen molar-refractivity contribution in [2.75, 3.05) is 19.6 Å². The van der Waals surface area contributed by atoms with E-state index in [1.165, 1.54) is 5.69 Å². The minimum absolute atomic E-state index is 0.111. The molecule has 1 aromatic carbocycles. The number of benzene rings is 1. The molecular formula is C25H27N5O4. The first-order valence-electron chi connectivity index (χ1n) is 11.9. The van der Waals surface area contributed by atoms with Crippen LogP contribution in [-0.2, 0) is 28.2 Å². The first-order valence-corrected chi connectivity index (χ1v) is 11.9. The van der Waals surface area contributed by atoms with Gasteiger partial charge in [-0.05, 0) is 49.6 Å². The lowest BCUT2D eigenvalue weighted by Crippen LogP contribution is -2.59. The predicted octanol–water partition coefficient (Wildman–Crippen LogP) is 0.984. The number of imide groups is 2. The molecule has 9 heteroatoms. The molecule has 1 spiro atoms. The molecule has 2 fully saturated rings. The zero-order valence-corrected chi connectivity index (χ0v) is 18.9. The first-order chi connectivity index (χ1) is 16.5. The molecule has 2 unspecified atom stereocenters. The van der Waals surface area contributed by atoms with E-state index >= 15 is 0 Å². The van der Waals surface area contributed by atoms with Gasteiger partial charge in [0, 0.05) is 44.5 Å². The van der Waals surface area contributed by atoms with Crippen molar-refractivity contribution in [1.82, 2.24) is 25.0 Å². The Morgan fingerprint density at radius 2 is 1.91 bits per heavy atom. The van der Waals surface area contributed by atoms with Crippen molar-refractivity contribution in [1.29, 1.82) is 0 Å². The van der Waals surface area contributed by atoms with Crippen LogP contribution < -0.4 is 10.6 Å². The van der Waals surface area contributed by atoms with Gasteiger partial charge in [0.2, 0.25) is 11.8 Å². The zero-order chi connectivity index (χ0) is 23.4. The Bertz CT molecular complexity index is 1210. The normalized spacial score (nSPS) is 27.2. The summed E-state index contributed by atoms with van der Waals surface area (Å²) in [5, 5.41) is 5.82. The maximum absolute atomic E-state index is 13.5. The highest BCUT2D eigenvalue weighted by Gasteiger charge is 2.47. The number of nitrogens with zero attached hydrogens (tertiary/aromatic N) is 3. The van der Waals surface area contributed by atoms with E-state index in [0.29, 0.717) is 17.7 Å². The van der Waals surface area contributed by atoms with E-state index in [-0.39, 0.29) is 24.3 Å². The van der Waals surface area contributed by atoms with E-state index in [1.807, 2.05) is 12.1 Å². The summed E-state index contributed by atoms with van der Waals surface area (Å²) in [6.45, 7) is 4.07. The Kier molecular flexibility index (Phi) is 4.93. The topological polar surface area (TPSA) is 104 Å². The van der Waals surface area contributed by atoms with Gasteiger partial charge in [0.1, 0.15) is 6.04 Å². The summed E-state index contributed by atoms with van der Waals surface area (Å²) < 4.78 is 2.32. The lowest BCUT2D eigenvalue weighted by atomic mass is 9.82. The quantitative estimate of drug-likeness (QED) is 0.661. The number of aromatic nitrogens is 1. The van der Waals surface area contributed by atoms with Crippen molar-refractivity contribution in [2.45, 2.75) is 50.4 Å². The molecule has 2 aromatic rings. The Balaban J connectivity index is 1.34. The summed E-state index contributed by atoms with van der Waals surface area (Å²) >= 11 is 0. The Morgan fingerprint density at radius 3 is 2.71 bits per heavy atom. The van der Waals surface area contributed by atoms with E-state index in [2.05, 4.69) is 38.4 Å². The van der Waals surface area contributed by atoms with Crippen LogP contribution in [0.3, 0.4) is 0 Å². The van der Waals surface area contributed by atoms with Gasteiger partial charge >= 0.3 is 0 Å². The van der Waals surface area contributed by atoms with Gasteiger partial charge in [0.15, 0.2) is 0 Å². The van der Waals surface area contributed by atoms with E-state index in [1.54, 1.807) is 6.07 Å². The van der Waals surface area contributed by atoms with Crippen LogP contribution in [0, 0.1) is 0 Å². The minimum Gasteiger partial charge on any atom is -0.348 e. The molecule has 4 amide bonds. The summed E-state index contributed by atoms with van der Waals surface area (Å²) in [6, 6.07) is 8.71. The van der Waals surface area contributed by atoms with Gasteiger partial charge in [0.05, 0.1) is 16.7 Å². The average molecular weight is 462 g/mol. The Morgan fingerprint density at radius 1 is 1.03 bits per heavy atom. The lowest BCUT2D eigenvalue weighted by molar-refractivity contribution is -0.136. The monoisotopic (exact) mass is 461 g/mol. The van der Waals surface area contributed by atoms with Crippen LogP contribution in [-0.4, -0.2) is 63.7 Å². The number of carbonyl (C=O) groups is 4. The molecule has 4 aliphatic rings. The second-order valence-corrected chi connectivity index (χ2v) is 9.61. The van der Waals surface area contributed by atoms with Crippen molar-refractivity contribution >= 4 is 23.6 Å². The van der Waals surface area contributed by atoms with Crippen LogP contribution in [0.4, 0.5) is 0 Å². The van der Waals surface area contributed by atoms with E-state index in [9.17, 15) is 19.2 Å². The number of hydrogen-bond donors (Lipinski definition) is 2. The summed E-state index contributed by atoms with van der Waals surface area (Å²) in [5.41, 5.74) is 2.64. The van der Waals surface area contributed by atoms with Gasteiger partial charge in [-0.1, -0.05) is 12.1 Å². The second kappa shape index (κ2) is 7.89. The standard InChI is InChI=1S/C25H27N5O4/c31-20-8-7-18(22(32)27-20)30-23(33)17-5-1-4-16(21(17)24(30)34)14-29-13-12-28-11-2-6-19(28)25(29)9-3-10-26-15-25/h1-2,4-6,11,18,26H,3,7-10,12-15H2,(H,27,31,32). The van der Waals surface area contributed by atoms with Crippen molar-refractivity contribution in [2.24, 2.45) is 0 Å². The smallest absolute Gasteiger partial charge is 0.262 e. The Hall–Kier alpha value is -3.30. The summed E-state index contributed by atoms with van der Waals surface area (Å²) in [5.74, 6) is -1.87. The molecule has 9 nitrogen and oxygen atoms in total. The van der Waals surface area contributed by atoms with E-state index in [4.69, 9.17) is 0 Å². The first kappa shape index (κ1) is 21.2. The molecule has 0 bridgehead atoms. The van der Waals surface area contributed by atoms with Crippen molar-refractivity contribution in [3.8, 4) is 0 Å². The SMILES string of the molecule is O=C1CCC(N2C(=O)c3cccc(CN4CCn5cccc5C45CCCNC5)c3C2=O)C(=O)N1. The van der Waals surface area contributed by atoms with Crippen LogP contribution in [0.15, 0.2) is 36.5 Å². The van der Waals surface area contributed by atoms with Crippen LogP contribution in [0.2, 0.25) is 0 Å². The van der Waals surface area contributed by atoms with Gasteiger partial charge in [-0.25, -0.2) is 0 Å². The number of hydrogen-bond acceptors (Lipinski definition) is 6. The van der Waals surface area contributed by atoms with Gasteiger partial charge in [-0.3, -0.25) is 34.3 Å². The highest BCUT2D eigenvalue weighted by atomic mass is 16.2. The van der Waals surface area contributed by atoms with Crippen LogP contribution >= 0.6 is 0 Å². The lowest BCUT2D eigenvalue weighted by Gasteiger charge is -2.50. The molecule has 0 radical (unpaired) electrons. The third kappa shape index (κ3) is 3.07. The fourth-order valence-corrected chi connectivity index (χ4v) is 6.17. The fraction of sp³-hybridized carbons (Fsp3) is 0.440. The number of carbonyl (C=O) groups excluding carboxylic acids is 4. The van der Waals surface area contributed by atoms with Crippen molar-refractivity contribution in [3.63, 3.8) is 0 Å². The third-order valence-corrected chi connectivity index (χ3v) is 7.80. The highest BCUT2D eigenvalue weighted by Crippen LogP contribution is 2.40. The molecule has 4 aliphatic heterocycles. The number of rotatable bonds is 3. The van der Waals surface area contributed by atoms with Gasteiger partial charge in [-0.15, -0.1) is 0 Å². The molecule has 2 atom stereocenters. The average Bonchev–Trinajstić information content (AvgIpc) is 3.42. The minimum atomic E-state index is -0.954. The molecule has 34 heavy (non-hydrogen) atoms. The Labute approximate surface area is 197 Å². The van der Waals surface area contributed by atoms with Crippen molar-refractivity contribution < 1.29 is 19.2 Å². The molecule has 0 aliphatic carbocycles. The number of fused-ring (bicyclic) bond motifs is 3. The van der Waals surface area contributed by atoms with Crippen LogP contribution in [0.1, 0.15) is 57.7 Å². The van der Waals surface area contributed by atoms with Crippen LogP contribution in [0.5, 0.6) is 0 Å². The molecule has 2 N–H and O–H groups in total. The molecular weight excluding hydrogens is 434 g/mol. The second-order valence-electron chi connectivity index (χ2n) is 9.61. The third-order valence-electron chi connectivity index (χ3n) is 7.80. The molecule has 1 aromatic heterocycles. The maximum Gasteiger partial charge on any atom is 0.262 e. The molecule has 6 rings (SSSR count). The maximum atomic E-state index is 13.5. The number of nitrogens with one attached hydrogen (secondary N) is 2. The van der Waals surface area contributed by atoms with Crippen LogP contribution in [0.25, 0.3) is 0 Å².